The van der Waals surface area contributed by atoms with E-state index in [0.717, 1.165) is 18.5 Å². The summed E-state index contributed by atoms with van der Waals surface area (Å²) in [5.41, 5.74) is 7.34. The molecule has 0 spiro atoms. The Balaban J connectivity index is 1.74. The number of amidine groups is 1. The van der Waals surface area contributed by atoms with E-state index >= 15 is 0 Å². The van der Waals surface area contributed by atoms with Crippen molar-refractivity contribution in [2.75, 3.05) is 7.05 Å². The molecule has 1 aliphatic heterocycles. The molecule has 2 unspecified atom stereocenters. The van der Waals surface area contributed by atoms with E-state index in [1.165, 1.54) is 0 Å². The van der Waals surface area contributed by atoms with Gasteiger partial charge in [-0.05, 0) is 25.0 Å². The van der Waals surface area contributed by atoms with Gasteiger partial charge in [-0.25, -0.2) is 0 Å². The minimum absolute atomic E-state index is 0.103. The van der Waals surface area contributed by atoms with Gasteiger partial charge in [-0.15, -0.1) is 0 Å². The number of aliphatic imine (C=N–C) groups is 2. The van der Waals surface area contributed by atoms with Crippen LogP contribution in [0.1, 0.15) is 24.5 Å². The van der Waals surface area contributed by atoms with E-state index in [1.54, 1.807) is 25.7 Å². The van der Waals surface area contributed by atoms with Crippen LogP contribution in [0.4, 0.5) is 0 Å². The molecule has 7 nitrogen and oxygen atoms in total. The Hall–Kier alpha value is -2.70. The van der Waals surface area contributed by atoms with E-state index in [1.807, 2.05) is 18.2 Å². The van der Waals surface area contributed by atoms with Gasteiger partial charge < -0.3 is 16.4 Å². The van der Waals surface area contributed by atoms with Gasteiger partial charge in [0.1, 0.15) is 12.0 Å². The first-order valence-electron chi connectivity index (χ1n) is 7.62. The second-order valence-corrected chi connectivity index (χ2v) is 5.62. The Morgan fingerprint density at radius 3 is 2.87 bits per heavy atom. The van der Waals surface area contributed by atoms with E-state index in [4.69, 9.17) is 5.73 Å². The highest BCUT2D eigenvalue weighted by Gasteiger charge is 2.29. The maximum absolute atomic E-state index is 12.0. The van der Waals surface area contributed by atoms with Crippen molar-refractivity contribution in [1.82, 2.24) is 15.6 Å². The Bertz CT molecular complexity index is 662. The summed E-state index contributed by atoms with van der Waals surface area (Å²) in [5.74, 6) is 0.0492. The molecule has 0 aromatic carbocycles. The Morgan fingerprint density at radius 1 is 1.48 bits per heavy atom. The maximum atomic E-state index is 12.0. The van der Waals surface area contributed by atoms with Crippen LogP contribution in [0, 0.1) is 0 Å². The molecule has 7 heteroatoms. The monoisotopic (exact) mass is 312 g/mol. The van der Waals surface area contributed by atoms with E-state index < -0.39 is 0 Å². The second-order valence-electron chi connectivity index (χ2n) is 5.62. The summed E-state index contributed by atoms with van der Waals surface area (Å²) >= 11 is 0. The fourth-order valence-electron chi connectivity index (χ4n) is 2.39. The van der Waals surface area contributed by atoms with Crippen LogP contribution in [0.15, 0.2) is 46.2 Å². The average Bonchev–Trinajstić information content (AvgIpc) is 3.40. The molecule has 3 rings (SSSR count). The van der Waals surface area contributed by atoms with Crippen LogP contribution < -0.4 is 16.4 Å². The molecule has 0 radical (unpaired) electrons. The molecule has 1 aliphatic carbocycles. The first kappa shape index (κ1) is 15.2. The van der Waals surface area contributed by atoms with Gasteiger partial charge in [-0.1, -0.05) is 6.07 Å². The second kappa shape index (κ2) is 6.60. The number of nitrogens with one attached hydrogen (secondary N) is 2. The molecule has 2 heterocycles. The molecule has 1 amide bonds. The molecule has 1 aromatic heterocycles. The van der Waals surface area contributed by atoms with Gasteiger partial charge in [-0.2, -0.15) is 0 Å². The molecular weight excluding hydrogens is 292 g/mol. The first-order valence-corrected chi connectivity index (χ1v) is 7.62. The number of hydrogen-bond donors (Lipinski definition) is 3. The molecule has 1 fully saturated rings. The highest BCUT2D eigenvalue weighted by atomic mass is 16.1. The Labute approximate surface area is 134 Å². The average molecular weight is 312 g/mol. The van der Waals surface area contributed by atoms with E-state index in [9.17, 15) is 4.79 Å². The molecule has 23 heavy (non-hydrogen) atoms. The molecule has 1 aromatic rings. The van der Waals surface area contributed by atoms with Gasteiger partial charge in [-0.3, -0.25) is 19.8 Å². The number of nitrogens with zero attached hydrogens (tertiary/aromatic N) is 3. The van der Waals surface area contributed by atoms with Crippen molar-refractivity contribution in [1.29, 1.82) is 0 Å². The summed E-state index contributed by atoms with van der Waals surface area (Å²) < 4.78 is 0. The van der Waals surface area contributed by atoms with Gasteiger partial charge in [0.25, 0.3) is 5.91 Å². The van der Waals surface area contributed by atoms with Crippen LogP contribution >= 0.6 is 0 Å². The molecule has 2 aliphatic rings. The first-order chi connectivity index (χ1) is 11.2. The molecule has 1 saturated carbocycles. The van der Waals surface area contributed by atoms with Crippen LogP contribution in [0.5, 0.6) is 0 Å². The van der Waals surface area contributed by atoms with Crippen LogP contribution in [-0.4, -0.2) is 42.2 Å². The quantitative estimate of drug-likeness (QED) is 0.538. The van der Waals surface area contributed by atoms with Crippen LogP contribution in [-0.2, 0) is 4.79 Å². The van der Waals surface area contributed by atoms with Crippen molar-refractivity contribution in [2.24, 2.45) is 15.7 Å². The van der Waals surface area contributed by atoms with Crippen molar-refractivity contribution in [3.8, 4) is 0 Å². The van der Waals surface area contributed by atoms with E-state index in [-0.39, 0.29) is 18.0 Å². The lowest BCUT2D eigenvalue weighted by molar-refractivity contribution is -0.117. The largest absolute Gasteiger partial charge is 0.387 e. The number of hydrogen-bond acceptors (Lipinski definition) is 5. The van der Waals surface area contributed by atoms with Gasteiger partial charge >= 0.3 is 0 Å². The number of rotatable bonds is 5. The van der Waals surface area contributed by atoms with Crippen molar-refractivity contribution >= 4 is 18.0 Å². The summed E-state index contributed by atoms with van der Waals surface area (Å²) in [7, 11) is 1.64. The molecule has 4 N–H and O–H groups in total. The van der Waals surface area contributed by atoms with Gasteiger partial charge in [0.2, 0.25) is 0 Å². The lowest BCUT2D eigenvalue weighted by Gasteiger charge is -2.26. The van der Waals surface area contributed by atoms with Crippen molar-refractivity contribution < 1.29 is 4.79 Å². The van der Waals surface area contributed by atoms with E-state index in [2.05, 4.69) is 25.6 Å². The normalized spacial score (nSPS) is 22.0. The molecule has 120 valence electrons. The van der Waals surface area contributed by atoms with Crippen molar-refractivity contribution in [3.63, 3.8) is 0 Å². The smallest absolute Gasteiger partial charge is 0.254 e. The van der Waals surface area contributed by atoms with Crippen molar-refractivity contribution in [2.45, 2.75) is 31.0 Å². The lowest BCUT2D eigenvalue weighted by Crippen LogP contribution is -2.41. The van der Waals surface area contributed by atoms with Gasteiger partial charge in [0, 0.05) is 31.7 Å². The van der Waals surface area contributed by atoms with E-state index in [0.29, 0.717) is 17.5 Å². The topological polar surface area (TPSA) is 105 Å². The summed E-state index contributed by atoms with van der Waals surface area (Å²) in [6.45, 7) is 0. The fraction of sp³-hybridized carbons (Fsp3) is 0.375. The summed E-state index contributed by atoms with van der Waals surface area (Å²) in [5, 5.41) is 6.07. The predicted octanol–water partition coefficient (Wildman–Crippen LogP) is 0.315. The Morgan fingerprint density at radius 2 is 2.30 bits per heavy atom. The molecule has 0 saturated heterocycles. The third-order valence-corrected chi connectivity index (χ3v) is 3.86. The zero-order valence-corrected chi connectivity index (χ0v) is 12.9. The predicted molar refractivity (Wildman–Crippen MR) is 89.2 cm³/mol. The fourth-order valence-corrected chi connectivity index (χ4v) is 2.39. The SMILES string of the molecule is C/N=C(/N)C(c1ccccn1)C1N=CC(C(=O)NC2CC2)=CN1. The number of amides is 1. The number of pyridine rings is 1. The van der Waals surface area contributed by atoms with Crippen molar-refractivity contribution in [3.05, 3.63) is 41.9 Å². The summed E-state index contributed by atoms with van der Waals surface area (Å²) in [6.07, 6.45) is 6.73. The zero-order chi connectivity index (χ0) is 16.2. The number of carbonyl (C=O) groups is 1. The van der Waals surface area contributed by atoms with Gasteiger partial charge in [0.05, 0.1) is 17.2 Å². The molecular formula is C16H20N6O. The van der Waals surface area contributed by atoms with Crippen LogP contribution in [0.2, 0.25) is 0 Å². The number of aromatic nitrogens is 1. The summed E-state index contributed by atoms with van der Waals surface area (Å²) in [4.78, 5) is 24.9. The minimum Gasteiger partial charge on any atom is -0.387 e. The molecule has 0 bridgehead atoms. The highest BCUT2D eigenvalue weighted by Crippen LogP contribution is 2.22. The van der Waals surface area contributed by atoms with Gasteiger partial charge in [0.15, 0.2) is 0 Å². The summed E-state index contributed by atoms with van der Waals surface area (Å²) in [6, 6.07) is 5.95. The Kier molecular flexibility index (Phi) is 4.36. The number of nitrogens with two attached hydrogens (primary N) is 1. The number of carbonyl (C=O) groups excluding carboxylic acids is 1. The standard InChI is InChI=1S/C16H20N6O/c1-18-14(17)13(12-4-2-3-7-19-12)15-20-8-10(9-21-15)16(23)22-11-5-6-11/h2-4,7-9,11,13,15,20H,5-6H2,1H3,(H2,17,18)(H,22,23). The third-order valence-electron chi connectivity index (χ3n) is 3.86. The zero-order valence-electron chi connectivity index (χ0n) is 12.9. The lowest BCUT2D eigenvalue weighted by atomic mass is 9.99. The van der Waals surface area contributed by atoms with Crippen LogP contribution in [0.25, 0.3) is 0 Å². The minimum atomic E-state index is -0.342. The molecule has 2 atom stereocenters. The highest BCUT2D eigenvalue weighted by molar-refractivity contribution is 6.12. The maximum Gasteiger partial charge on any atom is 0.254 e. The van der Waals surface area contributed by atoms with Crippen LogP contribution in [0.3, 0.4) is 0 Å². The third kappa shape index (κ3) is 3.56.